The molecule has 0 saturated heterocycles. The van der Waals surface area contributed by atoms with Gasteiger partial charge < -0.3 is 14.6 Å². The zero-order chi connectivity index (χ0) is 22.7. The molecule has 0 radical (unpaired) electrons. The molecular weight excluding hydrogens is 411 g/mol. The van der Waals surface area contributed by atoms with Gasteiger partial charge in [0.1, 0.15) is 23.9 Å². The molecule has 2 aromatic carbocycles. The Balaban J connectivity index is 1.43. The van der Waals surface area contributed by atoms with Crippen LogP contribution in [-0.2, 0) is 13.2 Å². The summed E-state index contributed by atoms with van der Waals surface area (Å²) in [6, 6.07) is 13.8. The van der Waals surface area contributed by atoms with E-state index in [0.29, 0.717) is 29.4 Å². The minimum Gasteiger partial charge on any atom is -0.489 e. The smallest absolute Gasteiger partial charge is 0.279 e. The summed E-state index contributed by atoms with van der Waals surface area (Å²) >= 11 is 0. The Bertz CT molecular complexity index is 1220. The molecule has 0 aliphatic rings. The summed E-state index contributed by atoms with van der Waals surface area (Å²) in [4.78, 5) is 12.8. The van der Waals surface area contributed by atoms with Gasteiger partial charge in [-0.3, -0.25) is 9.48 Å². The second-order valence-corrected chi connectivity index (χ2v) is 7.66. The topological polar surface area (TPSA) is 82.2 Å². The number of amides is 1. The largest absolute Gasteiger partial charge is 0.489 e. The highest BCUT2D eigenvalue weighted by atomic mass is 19.1. The van der Waals surface area contributed by atoms with Crippen molar-refractivity contribution in [3.05, 3.63) is 94.3 Å². The third-order valence-corrected chi connectivity index (χ3v) is 4.92. The average molecular weight is 434 g/mol. The number of rotatable bonds is 7. The fourth-order valence-electron chi connectivity index (χ4n) is 3.38. The molecule has 1 amide bonds. The molecule has 0 bridgehead atoms. The molecule has 0 spiro atoms. The van der Waals surface area contributed by atoms with Crippen LogP contribution in [-0.4, -0.2) is 20.8 Å². The molecule has 0 atom stereocenters. The number of nitrogens with zero attached hydrogens (tertiary/aromatic N) is 3. The highest BCUT2D eigenvalue weighted by Crippen LogP contribution is 2.21. The van der Waals surface area contributed by atoms with Gasteiger partial charge in [0.25, 0.3) is 5.91 Å². The zero-order valence-corrected chi connectivity index (χ0v) is 18.1. The van der Waals surface area contributed by atoms with Crippen LogP contribution in [0, 0.1) is 26.6 Å². The maximum Gasteiger partial charge on any atom is 0.279 e. The van der Waals surface area contributed by atoms with Gasteiger partial charge in [-0.2, -0.15) is 5.10 Å². The number of ether oxygens (including phenoxy) is 1. The molecule has 7 nitrogen and oxygen atoms in total. The van der Waals surface area contributed by atoms with Crippen LogP contribution in [0.25, 0.3) is 0 Å². The lowest BCUT2D eigenvalue weighted by Crippen LogP contribution is -2.16. The van der Waals surface area contributed by atoms with Gasteiger partial charge in [-0.05, 0) is 61.7 Å². The summed E-state index contributed by atoms with van der Waals surface area (Å²) < 4.78 is 25.8. The Labute approximate surface area is 184 Å². The summed E-state index contributed by atoms with van der Waals surface area (Å²) in [6.07, 6.45) is 1.73. The van der Waals surface area contributed by atoms with Crippen molar-refractivity contribution < 1.29 is 18.4 Å². The predicted molar refractivity (Wildman–Crippen MR) is 117 cm³/mol. The number of halogens is 1. The van der Waals surface area contributed by atoms with Gasteiger partial charge in [0.2, 0.25) is 0 Å². The van der Waals surface area contributed by atoms with Gasteiger partial charge in [-0.1, -0.05) is 23.4 Å². The Morgan fingerprint density at radius 3 is 2.53 bits per heavy atom. The fraction of sp³-hybridized carbons (Fsp3) is 0.208. The van der Waals surface area contributed by atoms with Crippen molar-refractivity contribution in [1.82, 2.24) is 14.9 Å². The number of aryl methyl sites for hydroxylation is 3. The van der Waals surface area contributed by atoms with Crippen molar-refractivity contribution in [1.29, 1.82) is 0 Å². The molecule has 4 aromatic rings. The molecule has 1 N–H and O–H groups in total. The summed E-state index contributed by atoms with van der Waals surface area (Å²) in [5.41, 5.74) is 3.81. The fourth-order valence-corrected chi connectivity index (χ4v) is 3.38. The van der Waals surface area contributed by atoms with Gasteiger partial charge in [-0.25, -0.2) is 4.39 Å². The average Bonchev–Trinajstić information content (AvgIpc) is 3.33. The van der Waals surface area contributed by atoms with Crippen LogP contribution in [0.2, 0.25) is 0 Å². The summed E-state index contributed by atoms with van der Waals surface area (Å²) in [5.74, 6) is 0.879. The highest BCUT2D eigenvalue weighted by Gasteiger charge is 2.21. The third kappa shape index (κ3) is 5.03. The van der Waals surface area contributed by atoms with Crippen molar-refractivity contribution in [2.75, 3.05) is 5.32 Å². The van der Waals surface area contributed by atoms with E-state index in [9.17, 15) is 9.18 Å². The Morgan fingerprint density at radius 1 is 1.09 bits per heavy atom. The van der Waals surface area contributed by atoms with Crippen LogP contribution < -0.4 is 10.1 Å². The van der Waals surface area contributed by atoms with Crippen molar-refractivity contribution in [2.24, 2.45) is 0 Å². The van der Waals surface area contributed by atoms with E-state index in [-0.39, 0.29) is 18.1 Å². The number of carbonyl (C=O) groups is 1. The van der Waals surface area contributed by atoms with Crippen LogP contribution in [0.15, 0.2) is 59.3 Å². The third-order valence-electron chi connectivity index (χ3n) is 4.92. The van der Waals surface area contributed by atoms with E-state index >= 15 is 0 Å². The summed E-state index contributed by atoms with van der Waals surface area (Å²) in [7, 11) is 0. The maximum atomic E-state index is 13.1. The number of carbonyl (C=O) groups excluding carboxylic acids is 1. The first kappa shape index (κ1) is 21.3. The number of benzene rings is 2. The molecule has 0 unspecified atom stereocenters. The van der Waals surface area contributed by atoms with Gasteiger partial charge in [0, 0.05) is 12.3 Å². The van der Waals surface area contributed by atoms with Crippen molar-refractivity contribution in [2.45, 2.75) is 33.9 Å². The standard InChI is InChI=1S/C24H23FN4O3/c1-15-10-16(2)12-20(11-15)31-14-21-17(3)32-28-23(21)24(30)26-22-8-9-29(27-22)13-18-4-6-19(25)7-5-18/h4-12H,13-14H2,1-3H3,(H,26,27,30). The minimum atomic E-state index is -0.437. The second-order valence-electron chi connectivity index (χ2n) is 7.66. The zero-order valence-electron chi connectivity index (χ0n) is 18.1. The Hall–Kier alpha value is -3.94. The van der Waals surface area contributed by atoms with Gasteiger partial charge in [0.05, 0.1) is 12.1 Å². The highest BCUT2D eigenvalue weighted by molar-refractivity contribution is 6.03. The first-order valence-corrected chi connectivity index (χ1v) is 10.1. The van der Waals surface area contributed by atoms with E-state index in [4.69, 9.17) is 9.26 Å². The van der Waals surface area contributed by atoms with E-state index in [1.54, 1.807) is 36.0 Å². The van der Waals surface area contributed by atoms with E-state index in [0.717, 1.165) is 16.7 Å². The SMILES string of the molecule is Cc1cc(C)cc(OCc2c(C(=O)Nc3ccn(Cc4ccc(F)cc4)n3)noc2C)c1. The first-order valence-electron chi connectivity index (χ1n) is 10.1. The summed E-state index contributed by atoms with van der Waals surface area (Å²) in [5, 5.41) is 11.0. The Kier molecular flexibility index (Phi) is 6.02. The number of anilines is 1. The van der Waals surface area contributed by atoms with Gasteiger partial charge >= 0.3 is 0 Å². The molecule has 0 fully saturated rings. The minimum absolute atomic E-state index is 0.153. The molecular formula is C24H23FN4O3. The monoisotopic (exact) mass is 434 g/mol. The number of hydrogen-bond donors (Lipinski definition) is 1. The lowest BCUT2D eigenvalue weighted by Gasteiger charge is -2.08. The number of aromatic nitrogens is 3. The van der Waals surface area contributed by atoms with Crippen LogP contribution in [0.1, 0.15) is 38.5 Å². The Morgan fingerprint density at radius 2 is 1.81 bits per heavy atom. The van der Waals surface area contributed by atoms with Crippen LogP contribution in [0.5, 0.6) is 5.75 Å². The van der Waals surface area contributed by atoms with Crippen molar-refractivity contribution in [3.63, 3.8) is 0 Å². The number of nitrogens with one attached hydrogen (secondary N) is 1. The van der Waals surface area contributed by atoms with E-state index in [1.807, 2.05) is 26.0 Å². The van der Waals surface area contributed by atoms with E-state index < -0.39 is 5.91 Å². The van der Waals surface area contributed by atoms with Gasteiger partial charge in [-0.15, -0.1) is 0 Å². The molecule has 32 heavy (non-hydrogen) atoms. The predicted octanol–water partition coefficient (Wildman–Crippen LogP) is 4.82. The molecule has 0 aliphatic heterocycles. The van der Waals surface area contributed by atoms with Crippen LogP contribution in [0.4, 0.5) is 10.2 Å². The maximum absolute atomic E-state index is 13.1. The normalized spacial score (nSPS) is 10.9. The molecule has 8 heteroatoms. The van der Waals surface area contributed by atoms with Gasteiger partial charge in [0.15, 0.2) is 11.5 Å². The molecule has 4 rings (SSSR count). The lowest BCUT2D eigenvalue weighted by molar-refractivity contribution is 0.101. The first-order chi connectivity index (χ1) is 15.4. The molecule has 2 aromatic heterocycles. The molecule has 2 heterocycles. The second kappa shape index (κ2) is 9.05. The van der Waals surface area contributed by atoms with E-state index in [1.165, 1.54) is 12.1 Å². The number of hydrogen-bond acceptors (Lipinski definition) is 5. The molecule has 0 aliphatic carbocycles. The van der Waals surface area contributed by atoms with Crippen molar-refractivity contribution in [3.8, 4) is 5.75 Å². The summed E-state index contributed by atoms with van der Waals surface area (Å²) in [6.45, 7) is 6.34. The molecule has 164 valence electrons. The lowest BCUT2D eigenvalue weighted by atomic mass is 10.1. The van der Waals surface area contributed by atoms with E-state index in [2.05, 4.69) is 21.6 Å². The molecule has 0 saturated carbocycles. The van der Waals surface area contributed by atoms with Crippen LogP contribution >= 0.6 is 0 Å². The van der Waals surface area contributed by atoms with Crippen molar-refractivity contribution >= 4 is 11.7 Å². The quantitative estimate of drug-likeness (QED) is 0.451. The van der Waals surface area contributed by atoms with Crippen LogP contribution in [0.3, 0.4) is 0 Å².